The van der Waals surface area contributed by atoms with Gasteiger partial charge < -0.3 is 14.5 Å². The third kappa shape index (κ3) is 4.46. The minimum atomic E-state index is 0.188. The molecule has 0 aromatic heterocycles. The Kier molecular flexibility index (Phi) is 6.11. The third-order valence-electron chi connectivity index (χ3n) is 4.35. The van der Waals surface area contributed by atoms with E-state index in [4.69, 9.17) is 4.74 Å². The number of hydrogen-bond donors (Lipinski definition) is 0. The molecule has 0 bridgehead atoms. The molecule has 0 radical (unpaired) electrons. The van der Waals surface area contributed by atoms with Gasteiger partial charge >= 0.3 is 0 Å². The van der Waals surface area contributed by atoms with Gasteiger partial charge in [0.1, 0.15) is 6.61 Å². The van der Waals surface area contributed by atoms with E-state index in [1.165, 1.54) is 38.8 Å². The van der Waals surface area contributed by atoms with Gasteiger partial charge in [0.05, 0.1) is 0 Å². The van der Waals surface area contributed by atoms with Crippen LogP contribution < -0.4 is 0 Å². The van der Waals surface area contributed by atoms with Crippen LogP contribution in [0.3, 0.4) is 0 Å². The number of nitrogens with zero attached hydrogens (tertiary/aromatic N) is 2. The molecule has 0 aromatic carbocycles. The molecule has 0 N–H and O–H groups in total. The van der Waals surface area contributed by atoms with Crippen molar-refractivity contribution >= 4 is 5.91 Å². The number of carbonyl (C=O) groups is 1. The van der Waals surface area contributed by atoms with E-state index in [1.54, 1.807) is 0 Å². The number of likely N-dealkylation sites (tertiary alicyclic amines) is 2. The molecular formula is C15H28N2O2. The number of ether oxygens (including phenoxy) is 1. The molecule has 0 aliphatic carbocycles. The van der Waals surface area contributed by atoms with Crippen molar-refractivity contribution in [1.29, 1.82) is 0 Å². The van der Waals surface area contributed by atoms with Gasteiger partial charge in [-0.05, 0) is 58.5 Å². The fourth-order valence-electron chi connectivity index (χ4n) is 3.24. The van der Waals surface area contributed by atoms with E-state index < -0.39 is 0 Å². The van der Waals surface area contributed by atoms with Crippen LogP contribution in [0.25, 0.3) is 0 Å². The summed E-state index contributed by atoms with van der Waals surface area (Å²) in [6.45, 7) is 7.40. The number of piperidine rings is 1. The van der Waals surface area contributed by atoms with Crippen molar-refractivity contribution in [3.63, 3.8) is 0 Å². The standard InChI is InChI=1S/C15H28N2O2/c1-2-19-13-15(18)17-11-4-3-7-14(17)8-12-16-9-5-6-10-16/h14H,2-13H2,1H3/t14-/m1/s1. The summed E-state index contributed by atoms with van der Waals surface area (Å²) in [5.74, 6) is 0.188. The summed E-state index contributed by atoms with van der Waals surface area (Å²) in [6, 6.07) is 0.447. The Morgan fingerprint density at radius 1 is 1.16 bits per heavy atom. The molecule has 4 heteroatoms. The van der Waals surface area contributed by atoms with Crippen LogP contribution in [0.2, 0.25) is 0 Å². The van der Waals surface area contributed by atoms with Crippen LogP contribution in [0, 0.1) is 0 Å². The second kappa shape index (κ2) is 7.85. The lowest BCUT2D eigenvalue weighted by Gasteiger charge is -2.36. The SMILES string of the molecule is CCOCC(=O)N1CCCC[C@@H]1CCN1CCCC1. The molecule has 19 heavy (non-hydrogen) atoms. The van der Waals surface area contributed by atoms with Crippen molar-refractivity contribution in [2.45, 2.75) is 51.5 Å². The summed E-state index contributed by atoms with van der Waals surface area (Å²) in [6.07, 6.45) is 7.42. The lowest BCUT2D eigenvalue weighted by molar-refractivity contribution is -0.139. The topological polar surface area (TPSA) is 32.8 Å². The van der Waals surface area contributed by atoms with Gasteiger partial charge in [-0.15, -0.1) is 0 Å². The first kappa shape index (κ1) is 14.8. The average Bonchev–Trinajstić information content (AvgIpc) is 2.96. The maximum atomic E-state index is 12.2. The Morgan fingerprint density at radius 3 is 2.63 bits per heavy atom. The molecular weight excluding hydrogens is 240 g/mol. The number of rotatable bonds is 6. The molecule has 110 valence electrons. The van der Waals surface area contributed by atoms with Crippen molar-refractivity contribution in [1.82, 2.24) is 9.80 Å². The van der Waals surface area contributed by atoms with Crippen LogP contribution in [-0.4, -0.2) is 61.1 Å². The highest BCUT2D eigenvalue weighted by atomic mass is 16.5. The highest BCUT2D eigenvalue weighted by Gasteiger charge is 2.27. The fraction of sp³-hybridized carbons (Fsp3) is 0.933. The molecule has 2 fully saturated rings. The lowest BCUT2D eigenvalue weighted by atomic mass is 9.99. The van der Waals surface area contributed by atoms with E-state index in [1.807, 2.05) is 6.92 Å². The Labute approximate surface area is 117 Å². The molecule has 4 nitrogen and oxygen atoms in total. The fourth-order valence-corrected chi connectivity index (χ4v) is 3.24. The first-order valence-corrected chi connectivity index (χ1v) is 7.91. The maximum absolute atomic E-state index is 12.2. The average molecular weight is 268 g/mol. The summed E-state index contributed by atoms with van der Waals surface area (Å²) >= 11 is 0. The van der Waals surface area contributed by atoms with Gasteiger partial charge in [-0.3, -0.25) is 4.79 Å². The summed E-state index contributed by atoms with van der Waals surface area (Å²) in [5.41, 5.74) is 0. The Balaban J connectivity index is 1.79. The molecule has 1 atom stereocenters. The largest absolute Gasteiger partial charge is 0.372 e. The minimum Gasteiger partial charge on any atom is -0.372 e. The Bertz CT molecular complexity index is 277. The molecule has 2 saturated heterocycles. The third-order valence-corrected chi connectivity index (χ3v) is 4.35. The lowest BCUT2D eigenvalue weighted by Crippen LogP contribution is -2.46. The highest BCUT2D eigenvalue weighted by Crippen LogP contribution is 2.21. The van der Waals surface area contributed by atoms with Crippen LogP contribution >= 0.6 is 0 Å². The van der Waals surface area contributed by atoms with E-state index >= 15 is 0 Å². The summed E-state index contributed by atoms with van der Waals surface area (Å²) in [4.78, 5) is 16.8. The molecule has 2 rings (SSSR count). The second-order valence-corrected chi connectivity index (χ2v) is 5.71. The zero-order valence-corrected chi connectivity index (χ0v) is 12.3. The van der Waals surface area contributed by atoms with Crippen molar-refractivity contribution in [2.75, 3.05) is 39.4 Å². The van der Waals surface area contributed by atoms with E-state index in [2.05, 4.69) is 9.80 Å². The summed E-state index contributed by atoms with van der Waals surface area (Å²) in [5, 5.41) is 0. The van der Waals surface area contributed by atoms with Gasteiger partial charge in [0.2, 0.25) is 5.91 Å². The molecule has 2 aliphatic rings. The van der Waals surface area contributed by atoms with E-state index in [0.717, 1.165) is 25.9 Å². The normalized spacial score (nSPS) is 24.9. The predicted molar refractivity (Wildman–Crippen MR) is 76.1 cm³/mol. The number of carbonyl (C=O) groups excluding carboxylic acids is 1. The molecule has 0 spiro atoms. The van der Waals surface area contributed by atoms with E-state index in [-0.39, 0.29) is 12.5 Å². The van der Waals surface area contributed by atoms with Crippen LogP contribution in [0.15, 0.2) is 0 Å². The van der Waals surface area contributed by atoms with E-state index in [9.17, 15) is 4.79 Å². The number of hydrogen-bond acceptors (Lipinski definition) is 3. The Hall–Kier alpha value is -0.610. The van der Waals surface area contributed by atoms with Gasteiger partial charge in [0.25, 0.3) is 0 Å². The smallest absolute Gasteiger partial charge is 0.248 e. The molecule has 1 amide bonds. The van der Waals surface area contributed by atoms with Gasteiger partial charge in [-0.25, -0.2) is 0 Å². The van der Waals surface area contributed by atoms with Crippen molar-refractivity contribution in [2.24, 2.45) is 0 Å². The van der Waals surface area contributed by atoms with Crippen LogP contribution in [0.5, 0.6) is 0 Å². The summed E-state index contributed by atoms with van der Waals surface area (Å²) in [7, 11) is 0. The molecule has 0 aromatic rings. The van der Waals surface area contributed by atoms with Crippen molar-refractivity contribution in [3.8, 4) is 0 Å². The second-order valence-electron chi connectivity index (χ2n) is 5.71. The van der Waals surface area contributed by atoms with Gasteiger partial charge in [-0.2, -0.15) is 0 Å². The zero-order chi connectivity index (χ0) is 13.5. The van der Waals surface area contributed by atoms with Crippen LogP contribution in [0.1, 0.15) is 45.4 Å². The molecule has 2 aliphatic heterocycles. The van der Waals surface area contributed by atoms with Gasteiger partial charge in [0.15, 0.2) is 0 Å². The Morgan fingerprint density at radius 2 is 1.89 bits per heavy atom. The minimum absolute atomic E-state index is 0.188. The first-order valence-electron chi connectivity index (χ1n) is 7.91. The highest BCUT2D eigenvalue weighted by molar-refractivity contribution is 5.77. The molecule has 2 heterocycles. The molecule has 0 unspecified atom stereocenters. The molecule has 0 saturated carbocycles. The van der Waals surface area contributed by atoms with Crippen LogP contribution in [0.4, 0.5) is 0 Å². The quantitative estimate of drug-likeness (QED) is 0.737. The van der Waals surface area contributed by atoms with Crippen molar-refractivity contribution in [3.05, 3.63) is 0 Å². The summed E-state index contributed by atoms with van der Waals surface area (Å²) < 4.78 is 5.27. The number of amides is 1. The predicted octanol–water partition coefficient (Wildman–Crippen LogP) is 1.89. The zero-order valence-electron chi connectivity index (χ0n) is 12.3. The maximum Gasteiger partial charge on any atom is 0.248 e. The monoisotopic (exact) mass is 268 g/mol. The van der Waals surface area contributed by atoms with Gasteiger partial charge in [-0.1, -0.05) is 0 Å². The van der Waals surface area contributed by atoms with Crippen molar-refractivity contribution < 1.29 is 9.53 Å². The van der Waals surface area contributed by atoms with Gasteiger partial charge in [0, 0.05) is 25.7 Å². The van der Waals surface area contributed by atoms with Crippen LogP contribution in [-0.2, 0) is 9.53 Å². The van der Waals surface area contributed by atoms with E-state index in [0.29, 0.717) is 12.6 Å². The first-order chi connectivity index (χ1) is 9.31.